The van der Waals surface area contributed by atoms with Crippen LogP contribution in [0, 0.1) is 5.92 Å². The maximum Gasteiger partial charge on any atom is 0.344 e. The summed E-state index contributed by atoms with van der Waals surface area (Å²) < 4.78 is 33.8. The second-order valence-corrected chi connectivity index (χ2v) is 5.43. The highest BCUT2D eigenvalue weighted by molar-refractivity contribution is 9.10. The molecule has 1 rings (SSSR count). The zero-order valence-corrected chi connectivity index (χ0v) is 12.4. The number of carboxylic acid groups (broad SMARTS) is 1. The van der Waals surface area contributed by atoms with E-state index in [4.69, 9.17) is 9.84 Å². The lowest BCUT2D eigenvalue weighted by Gasteiger charge is -2.24. The van der Waals surface area contributed by atoms with Gasteiger partial charge in [-0.1, -0.05) is 29.8 Å². The van der Waals surface area contributed by atoms with Crippen molar-refractivity contribution in [3.05, 3.63) is 28.2 Å². The first-order valence-electron chi connectivity index (χ1n) is 5.73. The number of benzene rings is 1. The van der Waals surface area contributed by atoms with E-state index in [1.807, 2.05) is 0 Å². The first-order chi connectivity index (χ1) is 8.66. The van der Waals surface area contributed by atoms with E-state index in [9.17, 15) is 13.6 Å². The minimum absolute atomic E-state index is 0.114. The van der Waals surface area contributed by atoms with Crippen molar-refractivity contribution < 1.29 is 23.4 Å². The largest absolute Gasteiger partial charge is 0.479 e. The summed E-state index contributed by atoms with van der Waals surface area (Å²) in [7, 11) is 0. The molecular weight excluding hydrogens is 322 g/mol. The Balaban J connectivity index is 3.22. The Kier molecular flexibility index (Phi) is 4.90. The van der Waals surface area contributed by atoms with Crippen molar-refractivity contribution in [1.29, 1.82) is 0 Å². The summed E-state index contributed by atoms with van der Waals surface area (Å²) in [4.78, 5) is 10.7. The molecule has 6 heteroatoms. The first kappa shape index (κ1) is 15.9. The number of hydrogen-bond acceptors (Lipinski definition) is 2. The molecule has 0 amide bonds. The fraction of sp³-hybridized carbons (Fsp3) is 0.462. The van der Waals surface area contributed by atoms with E-state index in [0.29, 0.717) is 4.47 Å². The van der Waals surface area contributed by atoms with Gasteiger partial charge in [0.25, 0.3) is 5.92 Å². The Morgan fingerprint density at radius 3 is 2.42 bits per heavy atom. The van der Waals surface area contributed by atoms with Crippen LogP contribution >= 0.6 is 15.9 Å². The zero-order valence-electron chi connectivity index (χ0n) is 10.8. The van der Waals surface area contributed by atoms with Gasteiger partial charge in [0.1, 0.15) is 5.75 Å². The minimum Gasteiger partial charge on any atom is -0.479 e. The maximum absolute atomic E-state index is 14.1. The topological polar surface area (TPSA) is 46.5 Å². The van der Waals surface area contributed by atoms with E-state index in [1.165, 1.54) is 39.0 Å². The molecule has 0 aliphatic heterocycles. The quantitative estimate of drug-likeness (QED) is 0.882. The second-order valence-electron chi connectivity index (χ2n) is 4.52. The van der Waals surface area contributed by atoms with Crippen LogP contribution in [-0.4, -0.2) is 17.2 Å². The molecule has 0 aliphatic rings. The molecule has 1 aromatic carbocycles. The molecule has 0 bridgehead atoms. The molecule has 0 spiro atoms. The molecule has 0 aliphatic carbocycles. The fourth-order valence-electron chi connectivity index (χ4n) is 1.42. The molecule has 0 heterocycles. The maximum atomic E-state index is 14.1. The third kappa shape index (κ3) is 3.65. The van der Waals surface area contributed by atoms with Crippen LogP contribution in [0.4, 0.5) is 8.78 Å². The third-order valence-corrected chi connectivity index (χ3v) is 3.17. The lowest BCUT2D eigenvalue weighted by molar-refractivity contribution is -0.144. The molecule has 0 saturated carbocycles. The molecule has 106 valence electrons. The Morgan fingerprint density at radius 1 is 1.37 bits per heavy atom. The summed E-state index contributed by atoms with van der Waals surface area (Å²) >= 11 is 3.13. The molecule has 3 nitrogen and oxygen atoms in total. The smallest absolute Gasteiger partial charge is 0.344 e. The average molecular weight is 337 g/mol. The number of alkyl halides is 2. The molecule has 1 aromatic rings. The minimum atomic E-state index is -3.10. The Bertz CT molecular complexity index is 475. The normalized spacial score (nSPS) is 13.4. The lowest BCUT2D eigenvalue weighted by Crippen LogP contribution is -2.27. The Hall–Kier alpha value is -1.17. The van der Waals surface area contributed by atoms with Gasteiger partial charge in [-0.3, -0.25) is 0 Å². The predicted molar refractivity (Wildman–Crippen MR) is 70.6 cm³/mol. The van der Waals surface area contributed by atoms with Gasteiger partial charge in [-0.25, -0.2) is 13.6 Å². The molecule has 0 radical (unpaired) electrons. The molecule has 0 saturated heterocycles. The molecule has 1 unspecified atom stereocenters. The number of carbonyl (C=O) groups is 1. The second kappa shape index (κ2) is 5.86. The highest BCUT2D eigenvalue weighted by Gasteiger charge is 2.39. The van der Waals surface area contributed by atoms with Crippen molar-refractivity contribution in [3.8, 4) is 5.75 Å². The van der Waals surface area contributed by atoms with Gasteiger partial charge in [-0.15, -0.1) is 0 Å². The van der Waals surface area contributed by atoms with Gasteiger partial charge in [0, 0.05) is 10.4 Å². The van der Waals surface area contributed by atoms with Crippen LogP contribution in [-0.2, 0) is 10.7 Å². The number of aliphatic carboxylic acids is 1. The van der Waals surface area contributed by atoms with Gasteiger partial charge in [0.2, 0.25) is 0 Å². The van der Waals surface area contributed by atoms with Gasteiger partial charge < -0.3 is 9.84 Å². The van der Waals surface area contributed by atoms with Gasteiger partial charge in [0.15, 0.2) is 6.10 Å². The van der Waals surface area contributed by atoms with Crippen molar-refractivity contribution in [2.24, 2.45) is 5.92 Å². The monoisotopic (exact) mass is 336 g/mol. The Morgan fingerprint density at radius 2 is 1.95 bits per heavy atom. The number of carboxylic acids is 1. The van der Waals surface area contributed by atoms with Crippen LogP contribution in [0.2, 0.25) is 0 Å². The van der Waals surface area contributed by atoms with E-state index < -0.39 is 23.9 Å². The Labute approximate surface area is 118 Å². The molecule has 1 N–H and O–H groups in total. The highest BCUT2D eigenvalue weighted by Crippen LogP contribution is 2.42. The summed E-state index contributed by atoms with van der Waals surface area (Å²) in [5.41, 5.74) is -0.315. The van der Waals surface area contributed by atoms with E-state index >= 15 is 0 Å². The molecule has 1 atom stereocenters. The molecule has 0 fully saturated rings. The first-order valence-corrected chi connectivity index (χ1v) is 6.52. The van der Waals surface area contributed by atoms with E-state index in [-0.39, 0.29) is 11.3 Å². The predicted octanol–water partition coefficient (Wildman–Crippen LogP) is 4.05. The third-order valence-electron chi connectivity index (χ3n) is 2.68. The zero-order chi connectivity index (χ0) is 14.8. The SMILES string of the molecule is CC(Oc1ccc(Br)cc1C(F)(F)C(C)C)C(=O)O. The van der Waals surface area contributed by atoms with Crippen LogP contribution in [0.3, 0.4) is 0 Å². The van der Waals surface area contributed by atoms with Gasteiger partial charge in [-0.05, 0) is 25.1 Å². The lowest BCUT2D eigenvalue weighted by atomic mass is 9.97. The van der Waals surface area contributed by atoms with Crippen molar-refractivity contribution >= 4 is 21.9 Å². The van der Waals surface area contributed by atoms with E-state index in [0.717, 1.165) is 0 Å². The summed E-state index contributed by atoms with van der Waals surface area (Å²) in [6.07, 6.45) is -1.19. The highest BCUT2D eigenvalue weighted by atomic mass is 79.9. The van der Waals surface area contributed by atoms with Crippen LogP contribution < -0.4 is 4.74 Å². The van der Waals surface area contributed by atoms with Crippen molar-refractivity contribution in [3.63, 3.8) is 0 Å². The van der Waals surface area contributed by atoms with Gasteiger partial charge in [0.05, 0.1) is 5.56 Å². The van der Waals surface area contributed by atoms with Crippen molar-refractivity contribution in [1.82, 2.24) is 0 Å². The summed E-state index contributed by atoms with van der Waals surface area (Å²) in [6, 6.07) is 4.13. The molecule has 0 aromatic heterocycles. The van der Waals surface area contributed by atoms with Crippen molar-refractivity contribution in [2.45, 2.75) is 32.8 Å². The number of halogens is 3. The van der Waals surface area contributed by atoms with Crippen LogP contribution in [0.5, 0.6) is 5.75 Å². The summed E-state index contributed by atoms with van der Waals surface area (Å²) in [5.74, 6) is -5.35. The fourth-order valence-corrected chi connectivity index (χ4v) is 1.78. The standard InChI is InChI=1S/C13H15BrF2O3/c1-7(2)13(15,16)10-6-9(14)4-5-11(10)19-8(3)12(17)18/h4-8H,1-3H3,(H,17,18). The molecular formula is C13H15BrF2O3. The van der Waals surface area contributed by atoms with Crippen molar-refractivity contribution in [2.75, 3.05) is 0 Å². The average Bonchev–Trinajstić information content (AvgIpc) is 2.30. The van der Waals surface area contributed by atoms with Crippen LogP contribution in [0.15, 0.2) is 22.7 Å². The molecule has 19 heavy (non-hydrogen) atoms. The number of ether oxygens (including phenoxy) is 1. The van der Waals surface area contributed by atoms with E-state index in [2.05, 4.69) is 15.9 Å². The van der Waals surface area contributed by atoms with Gasteiger partial charge in [-0.2, -0.15) is 0 Å². The summed E-state index contributed by atoms with van der Waals surface area (Å²) in [5, 5.41) is 8.78. The van der Waals surface area contributed by atoms with Crippen LogP contribution in [0.25, 0.3) is 0 Å². The van der Waals surface area contributed by atoms with E-state index in [1.54, 1.807) is 0 Å². The number of rotatable bonds is 5. The van der Waals surface area contributed by atoms with Crippen LogP contribution in [0.1, 0.15) is 26.3 Å². The number of hydrogen-bond donors (Lipinski definition) is 1. The van der Waals surface area contributed by atoms with Gasteiger partial charge >= 0.3 is 5.97 Å². The summed E-state index contributed by atoms with van der Waals surface area (Å²) in [6.45, 7) is 4.08.